The van der Waals surface area contributed by atoms with Gasteiger partial charge in [0.25, 0.3) is 0 Å². The molecule has 43 heavy (non-hydrogen) atoms. The largest absolute Gasteiger partial charge is 0.354 e. The smallest absolute Gasteiger partial charge is 0.243 e. The van der Waals surface area contributed by atoms with Gasteiger partial charge in [0, 0.05) is 31.1 Å². The zero-order chi connectivity index (χ0) is 30.7. The number of carbonyl (C=O) groups excluding carboxylic acids is 2. The van der Waals surface area contributed by atoms with Crippen LogP contribution < -0.4 is 5.32 Å². The van der Waals surface area contributed by atoms with Crippen molar-refractivity contribution < 1.29 is 18.0 Å². The van der Waals surface area contributed by atoms with E-state index in [1.165, 1.54) is 4.90 Å². The quantitative estimate of drug-likeness (QED) is 0.213. The maximum atomic E-state index is 14.1. The van der Waals surface area contributed by atoms with E-state index in [2.05, 4.69) is 5.32 Å². The van der Waals surface area contributed by atoms with Crippen LogP contribution in [0.25, 0.3) is 0 Å². The second-order valence-electron chi connectivity index (χ2n) is 10.4. The molecule has 0 saturated heterocycles. The van der Waals surface area contributed by atoms with Crippen LogP contribution in [-0.2, 0) is 45.5 Å². The summed E-state index contributed by atoms with van der Waals surface area (Å²) in [6.07, 6.45) is 1.98. The van der Waals surface area contributed by atoms with Crippen molar-refractivity contribution in [2.75, 3.05) is 19.3 Å². The Labute approximate surface area is 259 Å². The third-order valence-electron chi connectivity index (χ3n) is 7.08. The molecule has 1 atom stereocenters. The van der Waals surface area contributed by atoms with Gasteiger partial charge in [-0.05, 0) is 40.8 Å². The lowest BCUT2D eigenvalue weighted by Crippen LogP contribution is -2.53. The van der Waals surface area contributed by atoms with E-state index in [-0.39, 0.29) is 25.4 Å². The molecule has 1 N–H and O–H groups in total. The second kappa shape index (κ2) is 15.5. The van der Waals surface area contributed by atoms with Gasteiger partial charge < -0.3 is 10.2 Å². The molecule has 0 saturated carbocycles. The minimum Gasteiger partial charge on any atom is -0.354 e. The molecule has 0 radical (unpaired) electrons. The fourth-order valence-electron chi connectivity index (χ4n) is 4.75. The predicted octanol–water partition coefficient (Wildman–Crippen LogP) is 5.10. The van der Waals surface area contributed by atoms with Gasteiger partial charge >= 0.3 is 0 Å². The summed E-state index contributed by atoms with van der Waals surface area (Å²) in [4.78, 5) is 29.4. The first-order chi connectivity index (χ1) is 20.7. The molecule has 4 rings (SSSR count). The van der Waals surface area contributed by atoms with Gasteiger partial charge in [-0.15, -0.1) is 0 Å². The van der Waals surface area contributed by atoms with E-state index < -0.39 is 28.5 Å². The minimum atomic E-state index is -3.75. The van der Waals surface area contributed by atoms with Gasteiger partial charge in [0.05, 0.1) is 12.8 Å². The van der Waals surface area contributed by atoms with Gasteiger partial charge in [-0.3, -0.25) is 9.59 Å². The summed E-state index contributed by atoms with van der Waals surface area (Å²) < 4.78 is 26.8. The molecule has 0 aliphatic heterocycles. The maximum absolute atomic E-state index is 14.1. The number of nitrogens with zero attached hydrogens (tertiary/aromatic N) is 2. The van der Waals surface area contributed by atoms with E-state index in [4.69, 9.17) is 11.6 Å². The van der Waals surface area contributed by atoms with Crippen molar-refractivity contribution in [3.8, 4) is 0 Å². The first kappa shape index (κ1) is 31.9. The summed E-state index contributed by atoms with van der Waals surface area (Å²) in [5.74, 6) is -0.786. The molecule has 7 nitrogen and oxygen atoms in total. The molecule has 9 heteroatoms. The Balaban J connectivity index is 1.64. The molecule has 0 fully saturated rings. The van der Waals surface area contributed by atoms with Crippen molar-refractivity contribution in [2.45, 2.75) is 32.0 Å². The fraction of sp³-hybridized carbons (Fsp3) is 0.235. The molecule has 0 aromatic heterocycles. The Morgan fingerprint density at radius 1 is 0.721 bits per heavy atom. The lowest BCUT2D eigenvalue weighted by molar-refractivity contribution is -0.141. The minimum absolute atomic E-state index is 0.0345. The first-order valence-electron chi connectivity index (χ1n) is 14.1. The van der Waals surface area contributed by atoms with Crippen LogP contribution in [0.3, 0.4) is 0 Å². The van der Waals surface area contributed by atoms with Crippen LogP contribution in [0, 0.1) is 0 Å². The third kappa shape index (κ3) is 10.1. The molecule has 4 aromatic rings. The maximum Gasteiger partial charge on any atom is 0.243 e. The van der Waals surface area contributed by atoms with Crippen molar-refractivity contribution in [1.82, 2.24) is 14.5 Å². The van der Waals surface area contributed by atoms with Crippen LogP contribution in [0.5, 0.6) is 0 Å². The molecule has 4 aromatic carbocycles. The van der Waals surface area contributed by atoms with Gasteiger partial charge in [0.15, 0.2) is 0 Å². The Kier molecular flexibility index (Phi) is 11.5. The van der Waals surface area contributed by atoms with Crippen molar-refractivity contribution in [3.05, 3.63) is 143 Å². The lowest BCUT2D eigenvalue weighted by atomic mass is 10.0. The summed E-state index contributed by atoms with van der Waals surface area (Å²) in [5.41, 5.74) is 3.48. The molecule has 0 bridgehead atoms. The lowest BCUT2D eigenvalue weighted by Gasteiger charge is -2.33. The number of amides is 2. The highest BCUT2D eigenvalue weighted by molar-refractivity contribution is 7.88. The number of sulfonamides is 1. The Morgan fingerprint density at radius 3 is 1.79 bits per heavy atom. The SMILES string of the molecule is CS(=O)(=O)N(CC(=O)N(Cc1ccc(Cl)cc1)[C@H](Cc1ccccc1)C(=O)NCCc1ccccc1)Cc1ccccc1. The summed E-state index contributed by atoms with van der Waals surface area (Å²) in [6, 6.07) is 34.6. The van der Waals surface area contributed by atoms with E-state index >= 15 is 0 Å². The Hall–Kier alpha value is -3.98. The van der Waals surface area contributed by atoms with Crippen LogP contribution in [0.15, 0.2) is 115 Å². The third-order valence-corrected chi connectivity index (χ3v) is 8.52. The highest BCUT2D eigenvalue weighted by Gasteiger charge is 2.32. The summed E-state index contributed by atoms with van der Waals surface area (Å²) in [6.45, 7) is 0.111. The number of benzene rings is 4. The van der Waals surface area contributed by atoms with Crippen LogP contribution in [0.4, 0.5) is 0 Å². The topological polar surface area (TPSA) is 86.8 Å². The average Bonchev–Trinajstić information content (AvgIpc) is 3.00. The molecule has 0 aliphatic carbocycles. The zero-order valence-corrected chi connectivity index (χ0v) is 25.7. The molecule has 0 unspecified atom stereocenters. The Morgan fingerprint density at radius 2 is 1.23 bits per heavy atom. The van der Waals surface area contributed by atoms with Gasteiger partial charge in [-0.1, -0.05) is 115 Å². The number of rotatable bonds is 14. The van der Waals surface area contributed by atoms with Gasteiger partial charge in [0.2, 0.25) is 21.8 Å². The Bertz CT molecular complexity index is 1570. The van der Waals surface area contributed by atoms with E-state index in [1.807, 2.05) is 91.0 Å². The van der Waals surface area contributed by atoms with Crippen molar-refractivity contribution >= 4 is 33.4 Å². The number of nitrogens with one attached hydrogen (secondary N) is 1. The van der Waals surface area contributed by atoms with Crippen LogP contribution in [-0.4, -0.2) is 54.8 Å². The number of carbonyl (C=O) groups is 2. The first-order valence-corrected chi connectivity index (χ1v) is 16.3. The van der Waals surface area contributed by atoms with Crippen LogP contribution >= 0.6 is 11.6 Å². The molecule has 224 valence electrons. The zero-order valence-electron chi connectivity index (χ0n) is 24.1. The highest BCUT2D eigenvalue weighted by atomic mass is 35.5. The van der Waals surface area contributed by atoms with Crippen molar-refractivity contribution in [3.63, 3.8) is 0 Å². The van der Waals surface area contributed by atoms with Gasteiger partial charge in [-0.25, -0.2) is 8.42 Å². The van der Waals surface area contributed by atoms with Gasteiger partial charge in [0.1, 0.15) is 6.04 Å². The van der Waals surface area contributed by atoms with E-state index in [0.717, 1.165) is 32.8 Å². The summed E-state index contributed by atoms with van der Waals surface area (Å²) >= 11 is 6.12. The van der Waals surface area contributed by atoms with Gasteiger partial charge in [-0.2, -0.15) is 4.31 Å². The van der Waals surface area contributed by atoms with E-state index in [0.29, 0.717) is 18.0 Å². The molecular weight excluding hydrogens is 582 g/mol. The summed E-state index contributed by atoms with van der Waals surface area (Å²) in [5, 5.41) is 3.57. The predicted molar refractivity (Wildman–Crippen MR) is 171 cm³/mol. The molecule has 0 aliphatic rings. The fourth-order valence-corrected chi connectivity index (χ4v) is 5.61. The molecular formula is C34H36ClN3O4S. The monoisotopic (exact) mass is 617 g/mol. The van der Waals surface area contributed by atoms with E-state index in [1.54, 1.807) is 24.3 Å². The highest BCUT2D eigenvalue weighted by Crippen LogP contribution is 2.18. The molecule has 0 spiro atoms. The van der Waals surface area contributed by atoms with Crippen LogP contribution in [0.1, 0.15) is 22.3 Å². The number of halogens is 1. The van der Waals surface area contributed by atoms with Crippen molar-refractivity contribution in [1.29, 1.82) is 0 Å². The van der Waals surface area contributed by atoms with Crippen LogP contribution in [0.2, 0.25) is 5.02 Å². The average molecular weight is 618 g/mol. The number of hydrogen-bond donors (Lipinski definition) is 1. The normalized spacial score (nSPS) is 12.1. The number of hydrogen-bond acceptors (Lipinski definition) is 4. The molecule has 2 amide bonds. The second-order valence-corrected chi connectivity index (χ2v) is 12.8. The standard InChI is InChI=1S/C34H36ClN3O4S/c1-43(41,42)37(24-29-15-9-4-10-16-29)26-33(39)38(25-30-17-19-31(35)20-18-30)32(23-28-13-7-3-8-14-28)34(40)36-22-21-27-11-5-2-6-12-27/h2-20,32H,21-26H2,1H3,(H,36,40)/t32-/m1/s1. The van der Waals surface area contributed by atoms with E-state index in [9.17, 15) is 18.0 Å². The summed E-state index contributed by atoms with van der Waals surface area (Å²) in [7, 11) is -3.75. The molecule has 0 heterocycles. The van der Waals surface area contributed by atoms with Crippen molar-refractivity contribution in [2.24, 2.45) is 0 Å².